The van der Waals surface area contributed by atoms with E-state index < -0.39 is 0 Å². The molecule has 0 radical (unpaired) electrons. The first-order valence-corrected chi connectivity index (χ1v) is 6.80. The normalized spacial score (nSPS) is 21.8. The zero-order valence-electron chi connectivity index (χ0n) is 11.7. The van der Waals surface area contributed by atoms with Crippen LogP contribution in [0.15, 0.2) is 36.5 Å². The number of hydrogen-bond acceptors (Lipinski definition) is 2. The van der Waals surface area contributed by atoms with E-state index in [1.54, 1.807) is 0 Å². The molecule has 0 spiro atoms. The third-order valence-electron chi connectivity index (χ3n) is 4.01. The maximum Gasteiger partial charge on any atom is 0.0270 e. The molecular weight excluding hydrogens is 220 g/mol. The van der Waals surface area contributed by atoms with Crippen LogP contribution in [0.4, 0.5) is 0 Å². The van der Waals surface area contributed by atoms with Gasteiger partial charge in [-0.1, -0.05) is 37.8 Å². The highest BCUT2D eigenvalue weighted by atomic mass is 15.0. The SMILES string of the molecule is C=C(C)NC(C)C(C)C1Cc2ccccc2CN1. The summed E-state index contributed by atoms with van der Waals surface area (Å²) in [4.78, 5) is 0. The lowest BCUT2D eigenvalue weighted by molar-refractivity contribution is 0.298. The van der Waals surface area contributed by atoms with E-state index in [-0.39, 0.29) is 0 Å². The van der Waals surface area contributed by atoms with E-state index in [1.165, 1.54) is 11.1 Å². The van der Waals surface area contributed by atoms with Gasteiger partial charge in [-0.2, -0.15) is 0 Å². The number of hydrogen-bond donors (Lipinski definition) is 2. The van der Waals surface area contributed by atoms with E-state index in [9.17, 15) is 0 Å². The fraction of sp³-hybridized carbons (Fsp3) is 0.500. The summed E-state index contributed by atoms with van der Waals surface area (Å²) < 4.78 is 0. The third kappa shape index (κ3) is 2.94. The summed E-state index contributed by atoms with van der Waals surface area (Å²) in [5.41, 5.74) is 3.99. The van der Waals surface area contributed by atoms with Gasteiger partial charge >= 0.3 is 0 Å². The van der Waals surface area contributed by atoms with Crippen LogP contribution in [-0.4, -0.2) is 12.1 Å². The molecule has 98 valence electrons. The predicted molar refractivity (Wildman–Crippen MR) is 77.3 cm³/mol. The van der Waals surface area contributed by atoms with Crippen LogP contribution >= 0.6 is 0 Å². The smallest absolute Gasteiger partial charge is 0.0270 e. The Labute approximate surface area is 110 Å². The second-order valence-electron chi connectivity index (χ2n) is 5.53. The van der Waals surface area contributed by atoms with E-state index in [1.807, 2.05) is 6.92 Å². The fourth-order valence-electron chi connectivity index (χ4n) is 2.72. The lowest BCUT2D eigenvalue weighted by atomic mass is 9.85. The Morgan fingerprint density at radius 3 is 2.67 bits per heavy atom. The van der Waals surface area contributed by atoms with Gasteiger partial charge in [0, 0.05) is 24.3 Å². The molecule has 0 bridgehead atoms. The lowest BCUT2D eigenvalue weighted by Crippen LogP contribution is -2.47. The number of nitrogens with one attached hydrogen (secondary N) is 2. The molecule has 1 aliphatic heterocycles. The quantitative estimate of drug-likeness (QED) is 0.851. The highest BCUT2D eigenvalue weighted by Gasteiger charge is 2.26. The molecule has 0 saturated carbocycles. The summed E-state index contributed by atoms with van der Waals surface area (Å²) in [7, 11) is 0. The van der Waals surface area contributed by atoms with Crippen molar-refractivity contribution < 1.29 is 0 Å². The Balaban J connectivity index is 2.02. The number of fused-ring (bicyclic) bond motifs is 1. The largest absolute Gasteiger partial charge is 0.386 e. The molecule has 3 unspecified atom stereocenters. The van der Waals surface area contributed by atoms with Crippen molar-refractivity contribution >= 4 is 0 Å². The van der Waals surface area contributed by atoms with Crippen molar-refractivity contribution in [3.05, 3.63) is 47.7 Å². The van der Waals surface area contributed by atoms with Gasteiger partial charge in [0.25, 0.3) is 0 Å². The van der Waals surface area contributed by atoms with Crippen molar-refractivity contribution in [2.24, 2.45) is 5.92 Å². The zero-order valence-corrected chi connectivity index (χ0v) is 11.7. The Bertz CT molecular complexity index is 425. The van der Waals surface area contributed by atoms with Crippen molar-refractivity contribution in [3.8, 4) is 0 Å². The molecule has 0 amide bonds. The molecule has 2 nitrogen and oxygen atoms in total. The topological polar surface area (TPSA) is 24.1 Å². The highest BCUT2D eigenvalue weighted by Crippen LogP contribution is 2.22. The molecule has 2 rings (SSSR count). The molecule has 1 aliphatic rings. The van der Waals surface area contributed by atoms with Gasteiger partial charge in [-0.25, -0.2) is 0 Å². The minimum absolute atomic E-state index is 0.449. The van der Waals surface area contributed by atoms with E-state index in [0.717, 1.165) is 18.7 Å². The molecule has 2 N–H and O–H groups in total. The molecule has 18 heavy (non-hydrogen) atoms. The van der Waals surface area contributed by atoms with Crippen LogP contribution in [-0.2, 0) is 13.0 Å². The molecule has 1 aromatic rings. The Morgan fingerprint density at radius 1 is 1.33 bits per heavy atom. The van der Waals surface area contributed by atoms with Crippen molar-refractivity contribution in [2.75, 3.05) is 0 Å². The summed E-state index contributed by atoms with van der Waals surface area (Å²) in [6.45, 7) is 11.5. The molecule has 3 atom stereocenters. The molecule has 0 aliphatic carbocycles. The van der Waals surface area contributed by atoms with E-state index in [4.69, 9.17) is 0 Å². The van der Waals surface area contributed by atoms with Gasteiger partial charge < -0.3 is 10.6 Å². The minimum Gasteiger partial charge on any atom is -0.386 e. The second kappa shape index (κ2) is 5.57. The van der Waals surface area contributed by atoms with Crippen molar-refractivity contribution in [1.82, 2.24) is 10.6 Å². The average molecular weight is 244 g/mol. The second-order valence-corrected chi connectivity index (χ2v) is 5.53. The summed E-state index contributed by atoms with van der Waals surface area (Å²) in [6.07, 6.45) is 1.12. The molecule has 0 aromatic heterocycles. The fourth-order valence-corrected chi connectivity index (χ4v) is 2.72. The van der Waals surface area contributed by atoms with Crippen molar-refractivity contribution in [2.45, 2.75) is 45.8 Å². The molecule has 2 heteroatoms. The van der Waals surface area contributed by atoms with Crippen LogP contribution in [0.3, 0.4) is 0 Å². The standard InChI is InChI=1S/C16H24N2/c1-11(2)18-13(4)12(3)16-9-14-7-5-6-8-15(14)10-17-16/h5-8,12-13,16-18H,1,9-10H2,2-4H3. The van der Waals surface area contributed by atoms with Gasteiger partial charge in [0.15, 0.2) is 0 Å². The summed E-state index contributed by atoms with van der Waals surface area (Å²) >= 11 is 0. The predicted octanol–water partition coefficient (Wildman–Crippen LogP) is 2.85. The van der Waals surface area contributed by atoms with Gasteiger partial charge in [-0.15, -0.1) is 0 Å². The van der Waals surface area contributed by atoms with Gasteiger partial charge in [-0.05, 0) is 37.3 Å². The summed E-state index contributed by atoms with van der Waals surface area (Å²) in [5, 5.41) is 7.09. The number of benzene rings is 1. The average Bonchev–Trinajstić information content (AvgIpc) is 2.36. The highest BCUT2D eigenvalue weighted by molar-refractivity contribution is 5.30. The van der Waals surface area contributed by atoms with Crippen LogP contribution in [0, 0.1) is 5.92 Å². The van der Waals surface area contributed by atoms with Gasteiger partial charge in [0.1, 0.15) is 0 Å². The first-order chi connectivity index (χ1) is 8.58. The van der Waals surface area contributed by atoms with Crippen LogP contribution in [0.1, 0.15) is 31.9 Å². The lowest BCUT2D eigenvalue weighted by Gasteiger charge is -2.34. The van der Waals surface area contributed by atoms with Gasteiger partial charge in [-0.3, -0.25) is 0 Å². The van der Waals surface area contributed by atoms with E-state index >= 15 is 0 Å². The molecule has 0 saturated heterocycles. The molecular formula is C16H24N2. The Kier molecular flexibility index (Phi) is 4.07. The first kappa shape index (κ1) is 13.2. The Morgan fingerprint density at radius 2 is 2.00 bits per heavy atom. The number of allylic oxidation sites excluding steroid dienone is 1. The van der Waals surface area contributed by atoms with Crippen LogP contribution in [0.5, 0.6) is 0 Å². The Hall–Kier alpha value is -1.28. The maximum absolute atomic E-state index is 3.93. The summed E-state index contributed by atoms with van der Waals surface area (Å²) in [6, 6.07) is 9.73. The molecule has 1 heterocycles. The van der Waals surface area contributed by atoms with Crippen molar-refractivity contribution in [3.63, 3.8) is 0 Å². The maximum atomic E-state index is 3.93. The van der Waals surface area contributed by atoms with Gasteiger partial charge in [0.05, 0.1) is 0 Å². The number of rotatable bonds is 4. The van der Waals surface area contributed by atoms with Crippen LogP contribution in [0.25, 0.3) is 0 Å². The van der Waals surface area contributed by atoms with Crippen LogP contribution < -0.4 is 10.6 Å². The zero-order chi connectivity index (χ0) is 13.1. The van der Waals surface area contributed by atoms with E-state index in [0.29, 0.717) is 18.0 Å². The monoisotopic (exact) mass is 244 g/mol. The minimum atomic E-state index is 0.449. The molecule has 1 aromatic carbocycles. The van der Waals surface area contributed by atoms with Gasteiger partial charge in [0.2, 0.25) is 0 Å². The van der Waals surface area contributed by atoms with Crippen LogP contribution in [0.2, 0.25) is 0 Å². The third-order valence-corrected chi connectivity index (χ3v) is 4.01. The van der Waals surface area contributed by atoms with E-state index in [2.05, 4.69) is 55.3 Å². The van der Waals surface area contributed by atoms with Crippen molar-refractivity contribution in [1.29, 1.82) is 0 Å². The summed E-state index contributed by atoms with van der Waals surface area (Å²) in [5.74, 6) is 0.579. The molecule has 0 fully saturated rings. The first-order valence-electron chi connectivity index (χ1n) is 6.80.